The highest BCUT2D eigenvalue weighted by molar-refractivity contribution is 7.17. The van der Waals surface area contributed by atoms with E-state index in [2.05, 4.69) is 11.4 Å². The van der Waals surface area contributed by atoms with Gasteiger partial charge in [-0.05, 0) is 25.5 Å². The number of nitrogens with zero attached hydrogens (tertiary/aromatic N) is 1. The van der Waals surface area contributed by atoms with E-state index >= 15 is 0 Å². The quantitative estimate of drug-likeness (QED) is 0.884. The molecule has 2 aromatic rings. The van der Waals surface area contributed by atoms with Crippen LogP contribution in [0.2, 0.25) is 0 Å². The molecule has 0 radical (unpaired) electrons. The first-order valence-corrected chi connectivity index (χ1v) is 7.97. The van der Waals surface area contributed by atoms with Gasteiger partial charge < -0.3 is 10.1 Å². The Hall–Kier alpha value is -2.32. The van der Waals surface area contributed by atoms with Gasteiger partial charge in [0.15, 0.2) is 0 Å². The lowest BCUT2D eigenvalue weighted by Gasteiger charge is -2.07. The predicted octanol–water partition coefficient (Wildman–Crippen LogP) is 3.70. The van der Waals surface area contributed by atoms with Gasteiger partial charge in [-0.1, -0.05) is 30.3 Å². The van der Waals surface area contributed by atoms with Gasteiger partial charge in [0.05, 0.1) is 18.6 Å². The number of amides is 1. The summed E-state index contributed by atoms with van der Waals surface area (Å²) in [4.78, 5) is 13.9. The lowest BCUT2D eigenvalue weighted by atomic mass is 10.2. The molecule has 1 aromatic carbocycles. The molecule has 114 valence electrons. The molecule has 0 unspecified atom stereocenters. The summed E-state index contributed by atoms with van der Waals surface area (Å²) >= 11 is 1.40. The molecule has 1 heterocycles. The third-order valence-corrected chi connectivity index (χ3v) is 4.22. The molecule has 1 atom stereocenters. The number of hydrogen-bond donors (Lipinski definition) is 1. The number of hydrogen-bond acceptors (Lipinski definition) is 4. The van der Waals surface area contributed by atoms with E-state index in [1.807, 2.05) is 43.3 Å². The monoisotopic (exact) mass is 314 g/mol. The van der Waals surface area contributed by atoms with Crippen LogP contribution < -0.4 is 10.1 Å². The standard InChI is InChI=1S/C17H18N2O2S/c1-3-21-14-9-15(13-7-5-4-6-8-13)22-16(14)17(20)19-11-12(2)10-18/h4-9,12H,3,11H2,1-2H3,(H,19,20)/t12-/m0/s1. The highest BCUT2D eigenvalue weighted by Crippen LogP contribution is 2.36. The van der Waals surface area contributed by atoms with Crippen LogP contribution in [-0.2, 0) is 0 Å². The molecular formula is C17H18N2O2S. The zero-order valence-electron chi connectivity index (χ0n) is 12.6. The molecule has 0 saturated carbocycles. The Kier molecular flexibility index (Phi) is 5.56. The molecule has 4 nitrogen and oxygen atoms in total. The first-order chi connectivity index (χ1) is 10.7. The van der Waals surface area contributed by atoms with Crippen molar-refractivity contribution >= 4 is 17.2 Å². The Morgan fingerprint density at radius 3 is 2.77 bits per heavy atom. The topological polar surface area (TPSA) is 62.1 Å². The lowest BCUT2D eigenvalue weighted by Crippen LogP contribution is -2.27. The van der Waals surface area contributed by atoms with Crippen LogP contribution in [0.15, 0.2) is 36.4 Å². The minimum absolute atomic E-state index is 0.197. The van der Waals surface area contributed by atoms with Gasteiger partial charge in [-0.2, -0.15) is 5.26 Å². The summed E-state index contributed by atoms with van der Waals surface area (Å²) in [6, 6.07) is 13.9. The maximum Gasteiger partial charge on any atom is 0.265 e. The molecule has 0 aliphatic rings. The summed E-state index contributed by atoms with van der Waals surface area (Å²) in [6.07, 6.45) is 0. The maximum absolute atomic E-state index is 12.3. The maximum atomic E-state index is 12.3. The molecule has 2 rings (SSSR count). The van der Waals surface area contributed by atoms with Crippen LogP contribution in [0.1, 0.15) is 23.5 Å². The Labute approximate surface area is 134 Å². The van der Waals surface area contributed by atoms with E-state index in [0.29, 0.717) is 23.8 Å². The third kappa shape index (κ3) is 3.86. The van der Waals surface area contributed by atoms with Crippen molar-refractivity contribution in [3.63, 3.8) is 0 Å². The van der Waals surface area contributed by atoms with E-state index in [9.17, 15) is 4.79 Å². The number of nitriles is 1. The summed E-state index contributed by atoms with van der Waals surface area (Å²) in [6.45, 7) is 4.49. The Balaban J connectivity index is 2.24. The highest BCUT2D eigenvalue weighted by Gasteiger charge is 2.18. The summed E-state index contributed by atoms with van der Waals surface area (Å²) in [5, 5.41) is 11.6. The van der Waals surface area contributed by atoms with E-state index in [0.717, 1.165) is 10.4 Å². The van der Waals surface area contributed by atoms with Gasteiger partial charge in [-0.25, -0.2) is 0 Å². The molecule has 0 spiro atoms. The molecule has 1 aromatic heterocycles. The zero-order chi connectivity index (χ0) is 15.9. The second kappa shape index (κ2) is 7.62. The van der Waals surface area contributed by atoms with Crippen molar-refractivity contribution in [1.82, 2.24) is 5.32 Å². The van der Waals surface area contributed by atoms with Crippen molar-refractivity contribution in [2.45, 2.75) is 13.8 Å². The largest absolute Gasteiger partial charge is 0.492 e. The van der Waals surface area contributed by atoms with E-state index in [-0.39, 0.29) is 11.8 Å². The van der Waals surface area contributed by atoms with Crippen LogP contribution in [0.3, 0.4) is 0 Å². The number of thiophene rings is 1. The summed E-state index contributed by atoms with van der Waals surface area (Å²) in [5.74, 6) is 0.180. The fraction of sp³-hybridized carbons (Fsp3) is 0.294. The van der Waals surface area contributed by atoms with Crippen molar-refractivity contribution in [1.29, 1.82) is 5.26 Å². The SMILES string of the molecule is CCOc1cc(-c2ccccc2)sc1C(=O)NC[C@@H](C)C#N. The number of benzene rings is 1. The Morgan fingerprint density at radius 1 is 1.41 bits per heavy atom. The molecule has 1 amide bonds. The molecule has 0 aliphatic carbocycles. The minimum atomic E-state index is -0.215. The summed E-state index contributed by atoms with van der Waals surface area (Å²) in [7, 11) is 0. The average Bonchev–Trinajstić information content (AvgIpc) is 2.97. The number of ether oxygens (including phenoxy) is 1. The van der Waals surface area contributed by atoms with Crippen LogP contribution in [0.5, 0.6) is 5.75 Å². The average molecular weight is 314 g/mol. The number of rotatable bonds is 6. The molecule has 0 saturated heterocycles. The van der Waals surface area contributed by atoms with Gasteiger partial charge in [0.25, 0.3) is 5.91 Å². The molecule has 0 bridgehead atoms. The van der Waals surface area contributed by atoms with Crippen molar-refractivity contribution in [3.05, 3.63) is 41.3 Å². The fourth-order valence-corrected chi connectivity index (χ4v) is 2.93. The van der Waals surface area contributed by atoms with Crippen LogP contribution >= 0.6 is 11.3 Å². The first kappa shape index (κ1) is 16.1. The van der Waals surface area contributed by atoms with Gasteiger partial charge in [0.2, 0.25) is 0 Å². The Morgan fingerprint density at radius 2 is 2.14 bits per heavy atom. The number of carbonyl (C=O) groups is 1. The second-order valence-corrected chi connectivity index (χ2v) is 5.90. The van der Waals surface area contributed by atoms with Crippen LogP contribution in [0, 0.1) is 17.2 Å². The van der Waals surface area contributed by atoms with Gasteiger partial charge >= 0.3 is 0 Å². The molecule has 5 heteroatoms. The van der Waals surface area contributed by atoms with Crippen molar-refractivity contribution in [3.8, 4) is 22.3 Å². The van der Waals surface area contributed by atoms with Crippen molar-refractivity contribution in [2.75, 3.05) is 13.2 Å². The summed E-state index contributed by atoms with van der Waals surface area (Å²) < 4.78 is 5.58. The lowest BCUT2D eigenvalue weighted by molar-refractivity contribution is 0.0951. The summed E-state index contributed by atoms with van der Waals surface area (Å²) in [5.41, 5.74) is 1.05. The normalized spacial score (nSPS) is 11.5. The van der Waals surface area contributed by atoms with E-state index in [1.165, 1.54) is 11.3 Å². The Bertz CT molecular complexity index is 674. The van der Waals surface area contributed by atoms with E-state index in [4.69, 9.17) is 10.00 Å². The zero-order valence-corrected chi connectivity index (χ0v) is 13.4. The molecule has 0 fully saturated rings. The van der Waals surface area contributed by atoms with Crippen LogP contribution in [-0.4, -0.2) is 19.1 Å². The number of carbonyl (C=O) groups excluding carboxylic acids is 1. The van der Waals surface area contributed by atoms with Gasteiger partial charge in [-0.15, -0.1) is 11.3 Å². The smallest absolute Gasteiger partial charge is 0.265 e. The number of nitrogens with one attached hydrogen (secondary N) is 1. The van der Waals surface area contributed by atoms with E-state index in [1.54, 1.807) is 6.92 Å². The second-order valence-electron chi connectivity index (χ2n) is 4.84. The van der Waals surface area contributed by atoms with Crippen LogP contribution in [0.4, 0.5) is 0 Å². The third-order valence-electron chi connectivity index (χ3n) is 3.05. The molecule has 1 N–H and O–H groups in total. The predicted molar refractivity (Wildman–Crippen MR) is 88.0 cm³/mol. The van der Waals surface area contributed by atoms with E-state index < -0.39 is 0 Å². The van der Waals surface area contributed by atoms with Gasteiger partial charge in [0.1, 0.15) is 10.6 Å². The van der Waals surface area contributed by atoms with Gasteiger partial charge in [0, 0.05) is 11.4 Å². The van der Waals surface area contributed by atoms with Crippen molar-refractivity contribution < 1.29 is 9.53 Å². The molecule has 0 aliphatic heterocycles. The van der Waals surface area contributed by atoms with Gasteiger partial charge in [-0.3, -0.25) is 4.79 Å². The first-order valence-electron chi connectivity index (χ1n) is 7.15. The molecular weight excluding hydrogens is 296 g/mol. The minimum Gasteiger partial charge on any atom is -0.492 e. The molecule has 22 heavy (non-hydrogen) atoms. The highest BCUT2D eigenvalue weighted by atomic mass is 32.1. The van der Waals surface area contributed by atoms with Crippen molar-refractivity contribution in [2.24, 2.45) is 5.92 Å². The fourth-order valence-electron chi connectivity index (χ4n) is 1.91. The van der Waals surface area contributed by atoms with Crippen LogP contribution in [0.25, 0.3) is 10.4 Å².